The van der Waals surface area contributed by atoms with Crippen molar-refractivity contribution in [2.24, 2.45) is 0 Å². The fourth-order valence-corrected chi connectivity index (χ4v) is 4.17. The van der Waals surface area contributed by atoms with Crippen molar-refractivity contribution in [2.45, 2.75) is 31.4 Å². The minimum absolute atomic E-state index is 0.241. The van der Waals surface area contributed by atoms with E-state index in [2.05, 4.69) is 16.4 Å². The highest BCUT2D eigenvalue weighted by atomic mass is 35.5. The van der Waals surface area contributed by atoms with Crippen LogP contribution in [-0.4, -0.2) is 33.8 Å². The SMILES string of the molecule is O=C(O)/C=C/c1cccnc1Oc1ccc2c(c1)CC(NCC(O)c1cccc(Cl)c1)CC2. The Morgan fingerprint density at radius 2 is 2.09 bits per heavy atom. The zero-order valence-electron chi connectivity index (χ0n) is 17.9. The molecule has 0 fully saturated rings. The maximum atomic E-state index is 10.8. The van der Waals surface area contributed by atoms with Crippen LogP contribution >= 0.6 is 11.6 Å². The van der Waals surface area contributed by atoms with Crippen LogP contribution in [0.15, 0.2) is 66.9 Å². The van der Waals surface area contributed by atoms with Crippen LogP contribution in [0, 0.1) is 0 Å². The van der Waals surface area contributed by atoms with Gasteiger partial charge in [0.2, 0.25) is 5.88 Å². The van der Waals surface area contributed by atoms with E-state index in [4.69, 9.17) is 21.4 Å². The Labute approximate surface area is 197 Å². The van der Waals surface area contributed by atoms with E-state index in [1.807, 2.05) is 24.3 Å². The van der Waals surface area contributed by atoms with E-state index in [0.29, 0.717) is 28.8 Å². The number of rotatable bonds is 8. The smallest absolute Gasteiger partial charge is 0.328 e. The molecule has 4 rings (SSSR count). The average Bonchev–Trinajstić information content (AvgIpc) is 2.81. The number of halogens is 1. The molecular weight excluding hydrogens is 440 g/mol. The summed E-state index contributed by atoms with van der Waals surface area (Å²) < 4.78 is 5.98. The number of ether oxygens (including phenoxy) is 1. The quantitative estimate of drug-likeness (QED) is 0.414. The molecule has 7 heteroatoms. The lowest BCUT2D eigenvalue weighted by Gasteiger charge is -2.27. The van der Waals surface area contributed by atoms with Crippen LogP contribution in [0.4, 0.5) is 0 Å². The Bertz CT molecular complexity index is 1160. The monoisotopic (exact) mass is 464 g/mol. The number of hydrogen-bond acceptors (Lipinski definition) is 5. The lowest BCUT2D eigenvalue weighted by molar-refractivity contribution is -0.131. The molecular formula is C26H25ClN2O4. The number of aliphatic hydroxyl groups excluding tert-OH is 1. The minimum Gasteiger partial charge on any atom is -0.478 e. The normalized spacial score (nSPS) is 16.4. The molecule has 2 atom stereocenters. The largest absolute Gasteiger partial charge is 0.478 e. The summed E-state index contributed by atoms with van der Waals surface area (Å²) in [4.78, 5) is 15.1. The van der Waals surface area contributed by atoms with E-state index in [1.54, 1.807) is 30.5 Å². The van der Waals surface area contributed by atoms with E-state index in [-0.39, 0.29) is 6.04 Å². The highest BCUT2D eigenvalue weighted by molar-refractivity contribution is 6.30. The molecule has 2 unspecified atom stereocenters. The molecule has 6 nitrogen and oxygen atoms in total. The predicted molar refractivity (Wildman–Crippen MR) is 128 cm³/mol. The zero-order valence-corrected chi connectivity index (χ0v) is 18.7. The molecule has 0 radical (unpaired) electrons. The molecule has 33 heavy (non-hydrogen) atoms. The molecule has 0 amide bonds. The molecule has 1 aliphatic carbocycles. The topological polar surface area (TPSA) is 91.7 Å². The maximum Gasteiger partial charge on any atom is 0.328 e. The number of carboxylic acid groups (broad SMARTS) is 1. The Balaban J connectivity index is 1.41. The summed E-state index contributed by atoms with van der Waals surface area (Å²) in [5, 5.41) is 23.5. The summed E-state index contributed by atoms with van der Waals surface area (Å²) in [6, 6.07) is 17.0. The van der Waals surface area contributed by atoms with Crippen LogP contribution in [0.2, 0.25) is 5.02 Å². The minimum atomic E-state index is -1.03. The van der Waals surface area contributed by atoms with Crippen molar-refractivity contribution in [3.63, 3.8) is 0 Å². The predicted octanol–water partition coefficient (Wildman–Crippen LogP) is 4.81. The molecule has 2 aromatic carbocycles. The van der Waals surface area contributed by atoms with Gasteiger partial charge >= 0.3 is 5.97 Å². The number of carboxylic acids is 1. The molecule has 1 aromatic heterocycles. The van der Waals surface area contributed by atoms with Crippen molar-refractivity contribution in [1.82, 2.24) is 10.3 Å². The summed E-state index contributed by atoms with van der Waals surface area (Å²) in [6.07, 6.45) is 6.26. The van der Waals surface area contributed by atoms with Gasteiger partial charge in [0.1, 0.15) is 5.75 Å². The molecule has 0 bridgehead atoms. The van der Waals surface area contributed by atoms with E-state index in [1.165, 1.54) is 17.2 Å². The van der Waals surface area contributed by atoms with Gasteiger partial charge in [0.25, 0.3) is 0 Å². The lowest BCUT2D eigenvalue weighted by atomic mass is 9.88. The number of aryl methyl sites for hydroxylation is 1. The molecule has 170 valence electrons. The number of nitrogens with one attached hydrogen (secondary N) is 1. The van der Waals surface area contributed by atoms with Gasteiger partial charge in [-0.3, -0.25) is 0 Å². The fraction of sp³-hybridized carbons (Fsp3) is 0.231. The Kier molecular flexibility index (Phi) is 7.40. The number of aliphatic hydroxyl groups is 1. The van der Waals surface area contributed by atoms with Gasteiger partial charge in [0.15, 0.2) is 0 Å². The van der Waals surface area contributed by atoms with Crippen LogP contribution in [0.3, 0.4) is 0 Å². The second-order valence-corrected chi connectivity index (χ2v) is 8.46. The summed E-state index contributed by atoms with van der Waals surface area (Å²) in [6.45, 7) is 0.448. The highest BCUT2D eigenvalue weighted by Gasteiger charge is 2.20. The van der Waals surface area contributed by atoms with Crippen LogP contribution in [0.5, 0.6) is 11.6 Å². The number of nitrogens with zero attached hydrogens (tertiary/aromatic N) is 1. The summed E-state index contributed by atoms with van der Waals surface area (Å²) >= 11 is 6.03. The van der Waals surface area contributed by atoms with Crippen molar-refractivity contribution in [3.8, 4) is 11.6 Å². The summed E-state index contributed by atoms with van der Waals surface area (Å²) in [5.74, 6) is -0.0280. The Morgan fingerprint density at radius 1 is 1.21 bits per heavy atom. The highest BCUT2D eigenvalue weighted by Crippen LogP contribution is 2.30. The molecule has 3 N–H and O–H groups in total. The molecule has 0 spiro atoms. The Hall–Kier alpha value is -3.19. The van der Waals surface area contributed by atoms with Crippen molar-refractivity contribution in [3.05, 3.63) is 94.1 Å². The second-order valence-electron chi connectivity index (χ2n) is 8.02. The number of benzene rings is 2. The van der Waals surface area contributed by atoms with E-state index in [9.17, 15) is 9.90 Å². The van der Waals surface area contributed by atoms with Gasteiger partial charge in [-0.1, -0.05) is 29.8 Å². The first kappa shape index (κ1) is 23.0. The third kappa shape index (κ3) is 6.20. The first-order valence-corrected chi connectivity index (χ1v) is 11.2. The average molecular weight is 465 g/mol. The molecule has 3 aromatic rings. The summed E-state index contributed by atoms with van der Waals surface area (Å²) in [7, 11) is 0. The summed E-state index contributed by atoms with van der Waals surface area (Å²) in [5.41, 5.74) is 3.85. The van der Waals surface area contributed by atoms with Crippen LogP contribution < -0.4 is 10.1 Å². The van der Waals surface area contributed by atoms with Crippen molar-refractivity contribution >= 4 is 23.6 Å². The van der Waals surface area contributed by atoms with Gasteiger partial charge in [-0.25, -0.2) is 9.78 Å². The molecule has 0 saturated heterocycles. The molecule has 0 aliphatic heterocycles. The third-order valence-electron chi connectivity index (χ3n) is 5.66. The van der Waals surface area contributed by atoms with Gasteiger partial charge in [-0.2, -0.15) is 0 Å². The number of carbonyl (C=O) groups is 1. The number of aromatic nitrogens is 1. The second kappa shape index (κ2) is 10.6. The number of aliphatic carboxylic acids is 1. The molecule has 1 heterocycles. The first-order valence-electron chi connectivity index (χ1n) is 10.8. The first-order chi connectivity index (χ1) is 16.0. The molecule has 0 saturated carbocycles. The van der Waals surface area contributed by atoms with Gasteiger partial charge in [0, 0.05) is 35.4 Å². The van der Waals surface area contributed by atoms with Crippen LogP contribution in [0.25, 0.3) is 6.08 Å². The number of pyridine rings is 1. The Morgan fingerprint density at radius 3 is 2.91 bits per heavy atom. The van der Waals surface area contributed by atoms with Gasteiger partial charge in [-0.05, 0) is 78.4 Å². The zero-order chi connectivity index (χ0) is 23.2. The van der Waals surface area contributed by atoms with Crippen molar-refractivity contribution < 1.29 is 19.7 Å². The van der Waals surface area contributed by atoms with E-state index < -0.39 is 12.1 Å². The van der Waals surface area contributed by atoms with Crippen LogP contribution in [0.1, 0.15) is 34.8 Å². The third-order valence-corrected chi connectivity index (χ3v) is 5.90. The fourth-order valence-electron chi connectivity index (χ4n) is 3.97. The maximum absolute atomic E-state index is 10.8. The van der Waals surface area contributed by atoms with Gasteiger partial charge in [-0.15, -0.1) is 0 Å². The lowest BCUT2D eigenvalue weighted by Crippen LogP contribution is -2.37. The standard InChI is InChI=1S/C26H25ClN2O4/c27-21-5-1-3-19(13-21)24(30)16-29-22-9-6-17-7-10-23(15-20(17)14-22)33-26-18(4-2-12-28-26)8-11-25(31)32/h1-5,7-8,10-13,15,22,24,29-30H,6,9,14,16H2,(H,31,32)/b11-8+. The number of fused-ring (bicyclic) bond motifs is 1. The van der Waals surface area contributed by atoms with Crippen LogP contribution in [-0.2, 0) is 17.6 Å². The van der Waals surface area contributed by atoms with Gasteiger partial charge < -0.3 is 20.3 Å². The number of hydrogen-bond donors (Lipinski definition) is 3. The van der Waals surface area contributed by atoms with Crippen molar-refractivity contribution in [2.75, 3.05) is 6.54 Å². The van der Waals surface area contributed by atoms with E-state index >= 15 is 0 Å². The van der Waals surface area contributed by atoms with Crippen molar-refractivity contribution in [1.29, 1.82) is 0 Å². The molecule has 1 aliphatic rings. The van der Waals surface area contributed by atoms with Gasteiger partial charge in [0.05, 0.1) is 6.10 Å². The van der Waals surface area contributed by atoms with E-state index in [0.717, 1.165) is 30.9 Å².